The Balaban J connectivity index is 1.16. The van der Waals surface area contributed by atoms with E-state index in [9.17, 15) is 14.4 Å². The Hall–Kier alpha value is -2.39. The molecule has 1 saturated carbocycles. The number of benzene rings is 2. The number of imide groups is 1. The second-order valence-corrected chi connectivity index (χ2v) is 11.7. The summed E-state index contributed by atoms with van der Waals surface area (Å²) in [6.07, 6.45) is 5.09. The Morgan fingerprint density at radius 3 is 2.53 bits per heavy atom. The molecule has 0 unspecified atom stereocenters. The van der Waals surface area contributed by atoms with Crippen molar-refractivity contribution in [1.82, 2.24) is 4.98 Å². The van der Waals surface area contributed by atoms with Crippen LogP contribution in [0.15, 0.2) is 52.9 Å². The highest BCUT2D eigenvalue weighted by Gasteiger charge is 2.59. The molecule has 1 aromatic heterocycles. The highest BCUT2D eigenvalue weighted by molar-refractivity contribution is 8.01. The minimum atomic E-state index is -0.224. The van der Waals surface area contributed by atoms with Gasteiger partial charge in [-0.1, -0.05) is 47.1 Å². The van der Waals surface area contributed by atoms with Crippen LogP contribution in [0.5, 0.6) is 0 Å². The van der Waals surface area contributed by atoms with Crippen molar-refractivity contribution in [3.63, 3.8) is 0 Å². The molecule has 172 valence electrons. The minimum absolute atomic E-state index is 0.0946. The van der Waals surface area contributed by atoms with Crippen LogP contribution in [-0.2, 0) is 14.4 Å². The number of fused-ring (bicyclic) bond motifs is 6. The molecule has 0 radical (unpaired) electrons. The smallest absolute Gasteiger partial charge is 0.238 e. The lowest BCUT2D eigenvalue weighted by molar-refractivity contribution is -0.123. The lowest BCUT2D eigenvalue weighted by Crippen LogP contribution is -2.32. The predicted molar refractivity (Wildman–Crippen MR) is 136 cm³/mol. The largest absolute Gasteiger partial charge is 0.324 e. The Morgan fingerprint density at radius 2 is 1.82 bits per heavy atom. The number of carbonyl (C=O) groups is 3. The number of rotatable bonds is 5. The number of thiazole rings is 1. The SMILES string of the molecule is O=C(CSc1nc2ccc(N3C(=O)[C@@H]4[C@H](C3=O)[C@H]3C=C[C@H]4C3)cc2s1)Nc1ccc(Cl)cc1Cl. The van der Waals surface area contributed by atoms with Crippen molar-refractivity contribution in [2.24, 2.45) is 23.7 Å². The molecule has 1 N–H and O–H groups in total. The lowest BCUT2D eigenvalue weighted by Gasteiger charge is -2.17. The zero-order valence-corrected chi connectivity index (χ0v) is 20.7. The summed E-state index contributed by atoms with van der Waals surface area (Å²) in [5, 5.41) is 3.64. The fraction of sp³-hybridized carbons (Fsp3) is 0.250. The molecule has 2 aliphatic carbocycles. The summed E-state index contributed by atoms with van der Waals surface area (Å²) in [7, 11) is 0. The van der Waals surface area contributed by atoms with Gasteiger partial charge in [-0.05, 0) is 54.7 Å². The molecule has 34 heavy (non-hydrogen) atoms. The standard InChI is InChI=1S/C24H17Cl2N3O3S2/c25-13-3-5-16(15(26)8-13)27-19(30)10-33-24-28-17-6-4-14(9-18(17)34-24)29-22(31)20-11-1-2-12(7-11)21(20)23(29)32/h1-6,8-9,11-12,20-21H,7,10H2,(H,27,30)/t11-,12-,20-,21+/m0/s1. The number of carbonyl (C=O) groups excluding carboxylic acids is 3. The monoisotopic (exact) mass is 529 g/mol. The van der Waals surface area contributed by atoms with E-state index in [1.54, 1.807) is 24.3 Å². The predicted octanol–water partition coefficient (Wildman–Crippen LogP) is 5.65. The molecule has 2 aromatic carbocycles. The summed E-state index contributed by atoms with van der Waals surface area (Å²) in [6.45, 7) is 0. The van der Waals surface area contributed by atoms with Crippen LogP contribution in [0.4, 0.5) is 11.4 Å². The summed E-state index contributed by atoms with van der Waals surface area (Å²) in [6, 6.07) is 10.3. The number of anilines is 2. The molecule has 2 bridgehead atoms. The maximum absolute atomic E-state index is 13.1. The van der Waals surface area contributed by atoms with Gasteiger partial charge in [0.2, 0.25) is 17.7 Å². The van der Waals surface area contributed by atoms with Gasteiger partial charge in [-0.25, -0.2) is 9.88 Å². The molecule has 4 atom stereocenters. The normalized spacial score (nSPS) is 24.9. The van der Waals surface area contributed by atoms with Gasteiger partial charge in [0.15, 0.2) is 4.34 Å². The van der Waals surface area contributed by atoms with Gasteiger partial charge in [0.25, 0.3) is 0 Å². The molecule has 0 spiro atoms. The average Bonchev–Trinajstić information content (AvgIpc) is 3.57. The number of nitrogens with zero attached hydrogens (tertiary/aromatic N) is 2. The highest BCUT2D eigenvalue weighted by atomic mass is 35.5. The molecule has 3 aliphatic rings. The molecular formula is C24H17Cl2N3O3S2. The van der Waals surface area contributed by atoms with E-state index in [1.165, 1.54) is 28.0 Å². The third-order valence-corrected chi connectivity index (χ3v) is 9.32. The van der Waals surface area contributed by atoms with Crippen LogP contribution in [0.25, 0.3) is 10.2 Å². The lowest BCUT2D eigenvalue weighted by atomic mass is 9.85. The third kappa shape index (κ3) is 3.64. The maximum atomic E-state index is 13.1. The van der Waals surface area contributed by atoms with Crippen molar-refractivity contribution in [3.05, 3.63) is 58.6 Å². The number of allylic oxidation sites excluding steroid dienone is 2. The van der Waals surface area contributed by atoms with Crippen molar-refractivity contribution in [2.75, 3.05) is 16.0 Å². The van der Waals surface area contributed by atoms with Gasteiger partial charge in [-0.15, -0.1) is 11.3 Å². The van der Waals surface area contributed by atoms with Crippen LogP contribution in [0.2, 0.25) is 10.0 Å². The van der Waals surface area contributed by atoms with Crippen molar-refractivity contribution >= 4 is 85.6 Å². The fourth-order valence-corrected chi connectivity index (χ4v) is 7.51. The summed E-state index contributed by atoms with van der Waals surface area (Å²) in [4.78, 5) is 44.5. The quantitative estimate of drug-likeness (QED) is 0.262. The zero-order valence-electron chi connectivity index (χ0n) is 17.5. The van der Waals surface area contributed by atoms with Gasteiger partial charge in [0.1, 0.15) is 0 Å². The molecule has 10 heteroatoms. The average molecular weight is 530 g/mol. The molecular weight excluding hydrogens is 513 g/mol. The first kappa shape index (κ1) is 22.1. The molecule has 1 aliphatic heterocycles. The molecule has 1 saturated heterocycles. The molecule has 3 aromatic rings. The summed E-state index contributed by atoms with van der Waals surface area (Å²) < 4.78 is 1.59. The number of halogens is 2. The van der Waals surface area contributed by atoms with Crippen molar-refractivity contribution in [1.29, 1.82) is 0 Å². The van der Waals surface area contributed by atoms with Crippen molar-refractivity contribution in [3.8, 4) is 0 Å². The van der Waals surface area contributed by atoms with E-state index in [4.69, 9.17) is 23.2 Å². The third-order valence-electron chi connectivity index (χ3n) is 6.61. The van der Waals surface area contributed by atoms with Crippen LogP contribution in [0.1, 0.15) is 6.42 Å². The fourth-order valence-electron chi connectivity index (χ4n) is 5.15. The number of aromatic nitrogens is 1. The molecule has 3 amide bonds. The van der Waals surface area contributed by atoms with Crippen molar-refractivity contribution in [2.45, 2.75) is 10.8 Å². The Morgan fingerprint density at radius 1 is 1.09 bits per heavy atom. The van der Waals surface area contributed by atoms with Gasteiger partial charge in [0, 0.05) is 5.02 Å². The first-order valence-corrected chi connectivity index (χ1v) is 13.3. The second kappa shape index (κ2) is 8.37. The van der Waals surface area contributed by atoms with E-state index in [1.807, 2.05) is 12.1 Å². The minimum Gasteiger partial charge on any atom is -0.324 e. The molecule has 2 fully saturated rings. The Labute approximate surface area is 213 Å². The first-order chi connectivity index (χ1) is 16.4. The van der Waals surface area contributed by atoms with Crippen LogP contribution in [0, 0.1) is 23.7 Å². The van der Waals surface area contributed by atoms with E-state index in [0.717, 1.165) is 21.0 Å². The Kier molecular flexibility index (Phi) is 5.44. The topological polar surface area (TPSA) is 79.4 Å². The number of hydrogen-bond acceptors (Lipinski definition) is 6. The van der Waals surface area contributed by atoms with E-state index < -0.39 is 0 Å². The van der Waals surface area contributed by atoms with Gasteiger partial charge in [0.05, 0.1) is 44.2 Å². The molecule has 2 heterocycles. The van der Waals surface area contributed by atoms with Crippen molar-refractivity contribution < 1.29 is 14.4 Å². The van der Waals surface area contributed by atoms with Gasteiger partial charge in [-0.3, -0.25) is 14.4 Å². The maximum Gasteiger partial charge on any atom is 0.238 e. The van der Waals surface area contributed by atoms with Gasteiger partial charge in [-0.2, -0.15) is 0 Å². The van der Waals surface area contributed by atoms with Crippen LogP contribution < -0.4 is 10.2 Å². The van der Waals surface area contributed by atoms with E-state index in [0.29, 0.717) is 21.4 Å². The number of nitrogens with one attached hydrogen (secondary N) is 1. The number of hydrogen-bond donors (Lipinski definition) is 1. The second-order valence-electron chi connectivity index (χ2n) is 8.60. The molecule has 6 rings (SSSR count). The summed E-state index contributed by atoms with van der Waals surface area (Å²) >= 11 is 14.7. The van der Waals surface area contributed by atoms with Crippen LogP contribution in [0.3, 0.4) is 0 Å². The van der Waals surface area contributed by atoms with Gasteiger partial charge >= 0.3 is 0 Å². The Bertz CT molecular complexity index is 1380. The number of amides is 3. The van der Waals surface area contributed by atoms with E-state index >= 15 is 0 Å². The zero-order chi connectivity index (χ0) is 23.6. The summed E-state index contributed by atoms with van der Waals surface area (Å²) in [5.41, 5.74) is 1.85. The number of thioether (sulfide) groups is 1. The summed E-state index contributed by atoms with van der Waals surface area (Å²) in [5.74, 6) is -0.325. The van der Waals surface area contributed by atoms with Gasteiger partial charge < -0.3 is 5.32 Å². The highest BCUT2D eigenvalue weighted by Crippen LogP contribution is 2.53. The van der Waals surface area contributed by atoms with E-state index in [-0.39, 0.29) is 47.1 Å². The van der Waals surface area contributed by atoms with E-state index in [2.05, 4.69) is 22.5 Å². The first-order valence-electron chi connectivity index (χ1n) is 10.7. The van der Waals surface area contributed by atoms with Crippen LogP contribution in [-0.4, -0.2) is 28.5 Å². The van der Waals surface area contributed by atoms with Crippen LogP contribution >= 0.6 is 46.3 Å². The molecule has 6 nitrogen and oxygen atoms in total.